The molecule has 0 saturated carbocycles. The van der Waals surface area contributed by atoms with E-state index in [2.05, 4.69) is 33.8 Å². The van der Waals surface area contributed by atoms with E-state index in [1.165, 1.54) is 22.3 Å². The van der Waals surface area contributed by atoms with Crippen molar-refractivity contribution < 1.29 is 9.53 Å². The molecular formula is C18H28O2. The third-order valence-electron chi connectivity index (χ3n) is 4.40. The van der Waals surface area contributed by atoms with Crippen LogP contribution in [-0.2, 0) is 4.79 Å². The van der Waals surface area contributed by atoms with Crippen LogP contribution < -0.4 is 4.74 Å². The quantitative estimate of drug-likeness (QED) is 0.710. The minimum atomic E-state index is 0.365. The van der Waals surface area contributed by atoms with Crippen LogP contribution in [0.4, 0.5) is 0 Å². The largest absolute Gasteiger partial charge is 0.496 e. The Morgan fingerprint density at radius 3 is 2.35 bits per heavy atom. The van der Waals surface area contributed by atoms with Gasteiger partial charge in [0.05, 0.1) is 7.11 Å². The summed E-state index contributed by atoms with van der Waals surface area (Å²) in [6.45, 7) is 10.6. The van der Waals surface area contributed by atoms with Crippen molar-refractivity contribution in [3.05, 3.63) is 28.3 Å². The molecule has 1 rings (SSSR count). The molecule has 0 aliphatic carbocycles. The van der Waals surface area contributed by atoms with Gasteiger partial charge < -0.3 is 4.74 Å². The molecule has 0 amide bonds. The van der Waals surface area contributed by atoms with Crippen molar-refractivity contribution in [2.75, 3.05) is 7.11 Å². The zero-order chi connectivity index (χ0) is 15.3. The lowest BCUT2D eigenvalue weighted by molar-refractivity contribution is -0.118. The van der Waals surface area contributed by atoms with Gasteiger partial charge in [0.15, 0.2) is 0 Å². The van der Waals surface area contributed by atoms with Crippen LogP contribution in [0.15, 0.2) is 6.07 Å². The molecule has 0 fully saturated rings. The fourth-order valence-electron chi connectivity index (χ4n) is 2.97. The van der Waals surface area contributed by atoms with Crippen LogP contribution in [0.5, 0.6) is 5.75 Å². The number of carbonyl (C=O) groups is 1. The van der Waals surface area contributed by atoms with Gasteiger partial charge in [0.2, 0.25) is 0 Å². The van der Waals surface area contributed by atoms with Gasteiger partial charge in [-0.25, -0.2) is 0 Å². The summed E-state index contributed by atoms with van der Waals surface area (Å²) in [6.07, 6.45) is 3.37. The summed E-state index contributed by atoms with van der Waals surface area (Å²) >= 11 is 0. The van der Waals surface area contributed by atoms with E-state index >= 15 is 0 Å². The zero-order valence-corrected chi connectivity index (χ0v) is 13.8. The van der Waals surface area contributed by atoms with E-state index in [1.54, 1.807) is 7.11 Å². The SMILES string of the molecule is CCC(=O)CCC(CC)c1c(C)cc(OC)c(C)c1C. The summed E-state index contributed by atoms with van der Waals surface area (Å²) < 4.78 is 5.44. The first kappa shape index (κ1) is 16.7. The predicted octanol–water partition coefficient (Wildman–Crippen LogP) is 4.87. The summed E-state index contributed by atoms with van der Waals surface area (Å²) in [5, 5.41) is 0. The van der Waals surface area contributed by atoms with Gasteiger partial charge in [0, 0.05) is 12.8 Å². The zero-order valence-electron chi connectivity index (χ0n) is 13.8. The van der Waals surface area contributed by atoms with Gasteiger partial charge in [-0.15, -0.1) is 0 Å². The van der Waals surface area contributed by atoms with Crippen LogP contribution in [-0.4, -0.2) is 12.9 Å². The van der Waals surface area contributed by atoms with Crippen molar-refractivity contribution in [3.63, 3.8) is 0 Å². The monoisotopic (exact) mass is 276 g/mol. The number of hydrogen-bond acceptors (Lipinski definition) is 2. The Hall–Kier alpha value is -1.31. The van der Waals surface area contributed by atoms with Crippen molar-refractivity contribution in [2.24, 2.45) is 0 Å². The van der Waals surface area contributed by atoms with Gasteiger partial charge in [-0.1, -0.05) is 13.8 Å². The fraction of sp³-hybridized carbons (Fsp3) is 0.611. The first-order valence-corrected chi connectivity index (χ1v) is 7.62. The number of methoxy groups -OCH3 is 1. The summed E-state index contributed by atoms with van der Waals surface area (Å²) in [5.41, 5.74) is 5.22. The van der Waals surface area contributed by atoms with Gasteiger partial charge >= 0.3 is 0 Å². The van der Waals surface area contributed by atoms with E-state index < -0.39 is 0 Å². The van der Waals surface area contributed by atoms with Crippen LogP contribution in [0.3, 0.4) is 0 Å². The van der Waals surface area contributed by atoms with Gasteiger partial charge in [-0.05, 0) is 67.9 Å². The number of ether oxygens (including phenoxy) is 1. The van der Waals surface area contributed by atoms with E-state index in [1.807, 2.05) is 6.92 Å². The topological polar surface area (TPSA) is 26.3 Å². The highest BCUT2D eigenvalue weighted by molar-refractivity contribution is 5.78. The van der Waals surface area contributed by atoms with E-state index in [0.29, 0.717) is 24.5 Å². The third-order valence-corrected chi connectivity index (χ3v) is 4.40. The maximum Gasteiger partial charge on any atom is 0.132 e. The second-order valence-electron chi connectivity index (χ2n) is 5.60. The molecule has 0 spiro atoms. The molecule has 1 aromatic carbocycles. The van der Waals surface area contributed by atoms with Gasteiger partial charge in [0.25, 0.3) is 0 Å². The Morgan fingerprint density at radius 1 is 1.20 bits per heavy atom. The molecule has 2 nitrogen and oxygen atoms in total. The maximum absolute atomic E-state index is 11.6. The van der Waals surface area contributed by atoms with Crippen LogP contribution >= 0.6 is 0 Å². The highest BCUT2D eigenvalue weighted by Crippen LogP contribution is 2.35. The first-order valence-electron chi connectivity index (χ1n) is 7.62. The number of aryl methyl sites for hydroxylation is 1. The number of benzene rings is 1. The predicted molar refractivity (Wildman–Crippen MR) is 84.8 cm³/mol. The molecular weight excluding hydrogens is 248 g/mol. The van der Waals surface area contributed by atoms with Crippen molar-refractivity contribution >= 4 is 5.78 Å². The number of hydrogen-bond donors (Lipinski definition) is 0. The molecule has 2 heteroatoms. The second-order valence-corrected chi connectivity index (χ2v) is 5.60. The molecule has 0 heterocycles. The molecule has 0 N–H and O–H groups in total. The van der Waals surface area contributed by atoms with Crippen molar-refractivity contribution in [1.29, 1.82) is 0 Å². The fourth-order valence-corrected chi connectivity index (χ4v) is 2.97. The molecule has 1 aromatic rings. The molecule has 0 saturated heterocycles. The lowest BCUT2D eigenvalue weighted by Gasteiger charge is -2.23. The third kappa shape index (κ3) is 3.62. The average molecular weight is 276 g/mol. The minimum absolute atomic E-state index is 0.365. The van der Waals surface area contributed by atoms with E-state index in [9.17, 15) is 4.79 Å². The summed E-state index contributed by atoms with van der Waals surface area (Å²) in [6, 6.07) is 2.13. The normalized spacial score (nSPS) is 12.3. The van der Waals surface area contributed by atoms with Crippen LogP contribution in [0.25, 0.3) is 0 Å². The van der Waals surface area contributed by atoms with Crippen LogP contribution in [0.1, 0.15) is 67.7 Å². The molecule has 0 aliphatic heterocycles. The molecule has 112 valence electrons. The van der Waals surface area contributed by atoms with E-state index in [0.717, 1.165) is 18.6 Å². The highest BCUT2D eigenvalue weighted by atomic mass is 16.5. The Balaban J connectivity index is 3.09. The Bertz CT molecular complexity index is 475. The molecule has 1 atom stereocenters. The van der Waals surface area contributed by atoms with Crippen LogP contribution in [0, 0.1) is 20.8 Å². The smallest absolute Gasteiger partial charge is 0.132 e. The number of ketones is 1. The van der Waals surface area contributed by atoms with Gasteiger partial charge in [-0.2, -0.15) is 0 Å². The maximum atomic E-state index is 11.6. The lowest BCUT2D eigenvalue weighted by Crippen LogP contribution is -2.08. The van der Waals surface area contributed by atoms with E-state index in [-0.39, 0.29) is 0 Å². The molecule has 0 aliphatic rings. The second kappa shape index (κ2) is 7.47. The lowest BCUT2D eigenvalue weighted by atomic mass is 9.83. The Kier molecular flexibility index (Phi) is 6.25. The van der Waals surface area contributed by atoms with E-state index in [4.69, 9.17) is 4.74 Å². The van der Waals surface area contributed by atoms with Crippen LogP contribution in [0.2, 0.25) is 0 Å². The van der Waals surface area contributed by atoms with Crippen molar-refractivity contribution in [3.8, 4) is 5.75 Å². The standard InChI is InChI=1S/C18H28O2/c1-7-15(9-10-16(19)8-2)18-12(3)11-17(20-6)13(4)14(18)5/h11,15H,7-10H2,1-6H3. The molecule has 20 heavy (non-hydrogen) atoms. The summed E-state index contributed by atoms with van der Waals surface area (Å²) in [4.78, 5) is 11.6. The molecule has 0 bridgehead atoms. The highest BCUT2D eigenvalue weighted by Gasteiger charge is 2.18. The summed E-state index contributed by atoms with van der Waals surface area (Å²) in [7, 11) is 1.72. The molecule has 0 aromatic heterocycles. The Morgan fingerprint density at radius 2 is 1.85 bits per heavy atom. The first-order chi connectivity index (χ1) is 9.46. The minimum Gasteiger partial charge on any atom is -0.496 e. The number of Topliss-reactive ketones (excluding diaryl/α,β-unsaturated/α-hetero) is 1. The molecule has 0 radical (unpaired) electrons. The van der Waals surface area contributed by atoms with Crippen molar-refractivity contribution in [1.82, 2.24) is 0 Å². The Labute approximate surface area is 123 Å². The summed E-state index contributed by atoms with van der Waals surface area (Å²) in [5.74, 6) is 1.79. The molecule has 1 unspecified atom stereocenters. The number of rotatable bonds is 7. The van der Waals surface area contributed by atoms with Gasteiger partial charge in [0.1, 0.15) is 11.5 Å². The van der Waals surface area contributed by atoms with Gasteiger partial charge in [-0.3, -0.25) is 4.79 Å². The van der Waals surface area contributed by atoms with Crippen molar-refractivity contribution in [2.45, 2.75) is 66.2 Å². The average Bonchev–Trinajstić information content (AvgIpc) is 2.45. The number of carbonyl (C=O) groups excluding carboxylic acids is 1.